The highest BCUT2D eigenvalue weighted by Gasteiger charge is 2.17. The fourth-order valence-corrected chi connectivity index (χ4v) is 1.32. The molecule has 1 aliphatic rings. The van der Waals surface area contributed by atoms with Crippen LogP contribution >= 0.6 is 0 Å². The van der Waals surface area contributed by atoms with Gasteiger partial charge in [0.05, 0.1) is 17.8 Å². The first-order valence-corrected chi connectivity index (χ1v) is 4.14. The molecule has 0 fully saturated rings. The van der Waals surface area contributed by atoms with Crippen molar-refractivity contribution in [1.82, 2.24) is 9.78 Å². The van der Waals surface area contributed by atoms with Crippen LogP contribution in [0.3, 0.4) is 0 Å². The molecule has 2 heterocycles. The SMILES string of the molecule is COCn1ncc2c1OC=C(C#N)C2. The van der Waals surface area contributed by atoms with Crippen molar-refractivity contribution in [2.75, 3.05) is 7.11 Å². The molecule has 0 N–H and O–H groups in total. The van der Waals surface area contributed by atoms with Crippen LogP contribution in [0.5, 0.6) is 5.88 Å². The molecule has 1 aliphatic heterocycles. The van der Waals surface area contributed by atoms with Crippen LogP contribution in [0, 0.1) is 11.3 Å². The van der Waals surface area contributed by atoms with Gasteiger partial charge >= 0.3 is 0 Å². The first-order valence-electron chi connectivity index (χ1n) is 4.14. The summed E-state index contributed by atoms with van der Waals surface area (Å²) < 4.78 is 11.8. The Morgan fingerprint density at radius 1 is 1.79 bits per heavy atom. The number of hydrogen-bond acceptors (Lipinski definition) is 4. The lowest BCUT2D eigenvalue weighted by Gasteiger charge is -2.11. The van der Waals surface area contributed by atoms with Gasteiger partial charge in [-0.25, -0.2) is 4.68 Å². The zero-order chi connectivity index (χ0) is 9.97. The molecule has 5 heteroatoms. The van der Waals surface area contributed by atoms with Gasteiger partial charge in [-0.3, -0.25) is 0 Å². The van der Waals surface area contributed by atoms with E-state index in [0.717, 1.165) is 5.56 Å². The second-order valence-corrected chi connectivity index (χ2v) is 2.94. The van der Waals surface area contributed by atoms with E-state index < -0.39 is 0 Å². The summed E-state index contributed by atoms with van der Waals surface area (Å²) in [7, 11) is 1.59. The van der Waals surface area contributed by atoms with Crippen molar-refractivity contribution in [3.8, 4) is 11.9 Å². The smallest absolute Gasteiger partial charge is 0.222 e. The summed E-state index contributed by atoms with van der Waals surface area (Å²) in [5.74, 6) is 0.658. The van der Waals surface area contributed by atoms with Crippen LogP contribution in [-0.4, -0.2) is 16.9 Å². The average Bonchev–Trinajstić information content (AvgIpc) is 2.61. The predicted octanol–water partition coefficient (Wildman–Crippen LogP) is 0.829. The molecule has 1 aromatic rings. The zero-order valence-electron chi connectivity index (χ0n) is 7.73. The van der Waals surface area contributed by atoms with E-state index in [4.69, 9.17) is 14.7 Å². The van der Waals surface area contributed by atoms with E-state index in [1.54, 1.807) is 18.0 Å². The number of nitrogens with zero attached hydrogens (tertiary/aromatic N) is 3. The van der Waals surface area contributed by atoms with Crippen LogP contribution in [0.25, 0.3) is 0 Å². The molecule has 0 atom stereocenters. The maximum atomic E-state index is 8.68. The fraction of sp³-hybridized carbons (Fsp3) is 0.333. The van der Waals surface area contributed by atoms with Gasteiger partial charge in [0, 0.05) is 19.1 Å². The largest absolute Gasteiger partial charge is 0.446 e. The Morgan fingerprint density at radius 3 is 3.36 bits per heavy atom. The van der Waals surface area contributed by atoms with E-state index in [9.17, 15) is 0 Å². The van der Waals surface area contributed by atoms with Gasteiger partial charge in [-0.05, 0) is 0 Å². The van der Waals surface area contributed by atoms with Gasteiger partial charge in [-0.2, -0.15) is 10.4 Å². The first-order chi connectivity index (χ1) is 6.85. The maximum absolute atomic E-state index is 8.68. The highest BCUT2D eigenvalue weighted by molar-refractivity contribution is 5.37. The van der Waals surface area contributed by atoms with E-state index in [0.29, 0.717) is 24.6 Å². The Morgan fingerprint density at radius 2 is 2.64 bits per heavy atom. The molecular weight excluding hydrogens is 182 g/mol. The van der Waals surface area contributed by atoms with Crippen molar-refractivity contribution in [1.29, 1.82) is 5.26 Å². The predicted molar refractivity (Wildman–Crippen MR) is 47.3 cm³/mol. The monoisotopic (exact) mass is 191 g/mol. The standard InChI is InChI=1S/C9H9N3O2/c1-13-6-12-9-8(4-11-12)2-7(3-10)5-14-9/h4-5H,2,6H2,1H3. The van der Waals surface area contributed by atoms with Crippen LogP contribution in [0.15, 0.2) is 18.0 Å². The second kappa shape index (κ2) is 3.52. The van der Waals surface area contributed by atoms with Gasteiger partial charge in [0.15, 0.2) is 0 Å². The lowest BCUT2D eigenvalue weighted by Crippen LogP contribution is -2.07. The third-order valence-electron chi connectivity index (χ3n) is 1.95. The normalized spacial score (nSPS) is 13.9. The van der Waals surface area contributed by atoms with Gasteiger partial charge in [-0.1, -0.05) is 0 Å². The second-order valence-electron chi connectivity index (χ2n) is 2.94. The Hall–Kier alpha value is -1.80. The Labute approximate surface area is 81.2 Å². The minimum atomic E-state index is 0.352. The minimum Gasteiger partial charge on any atom is -0.446 e. The summed E-state index contributed by atoms with van der Waals surface area (Å²) >= 11 is 0. The van der Waals surface area contributed by atoms with Crippen molar-refractivity contribution in [2.24, 2.45) is 0 Å². The van der Waals surface area contributed by atoms with E-state index >= 15 is 0 Å². The molecule has 0 spiro atoms. The number of aromatic nitrogens is 2. The zero-order valence-corrected chi connectivity index (χ0v) is 7.73. The van der Waals surface area contributed by atoms with Crippen LogP contribution in [-0.2, 0) is 17.9 Å². The quantitative estimate of drug-likeness (QED) is 0.694. The summed E-state index contributed by atoms with van der Waals surface area (Å²) in [6.07, 6.45) is 3.73. The van der Waals surface area contributed by atoms with Gasteiger partial charge in [0.2, 0.25) is 5.88 Å². The van der Waals surface area contributed by atoms with Crippen molar-refractivity contribution in [3.63, 3.8) is 0 Å². The summed E-state index contributed by atoms with van der Waals surface area (Å²) in [4.78, 5) is 0. The number of allylic oxidation sites excluding steroid dienone is 1. The summed E-state index contributed by atoms with van der Waals surface area (Å²) in [6.45, 7) is 0.352. The van der Waals surface area contributed by atoms with Crippen molar-refractivity contribution < 1.29 is 9.47 Å². The molecule has 0 bridgehead atoms. The molecule has 0 saturated carbocycles. The first kappa shape index (κ1) is 8.78. The van der Waals surface area contributed by atoms with E-state index in [2.05, 4.69) is 11.2 Å². The average molecular weight is 191 g/mol. The molecule has 14 heavy (non-hydrogen) atoms. The Balaban J connectivity index is 2.27. The topological polar surface area (TPSA) is 60.1 Å². The highest BCUT2D eigenvalue weighted by Crippen LogP contribution is 2.25. The number of nitriles is 1. The number of hydrogen-bond donors (Lipinski definition) is 0. The van der Waals surface area contributed by atoms with Crippen molar-refractivity contribution in [2.45, 2.75) is 13.2 Å². The third-order valence-corrected chi connectivity index (χ3v) is 1.95. The molecule has 0 unspecified atom stereocenters. The maximum Gasteiger partial charge on any atom is 0.222 e. The van der Waals surface area contributed by atoms with Gasteiger partial charge in [-0.15, -0.1) is 0 Å². The van der Waals surface area contributed by atoms with E-state index in [1.807, 2.05) is 0 Å². The molecule has 0 radical (unpaired) electrons. The molecule has 2 rings (SSSR count). The van der Waals surface area contributed by atoms with Gasteiger partial charge in [0.25, 0.3) is 0 Å². The minimum absolute atomic E-state index is 0.352. The molecule has 0 aromatic carbocycles. The molecule has 72 valence electrons. The molecule has 5 nitrogen and oxygen atoms in total. The summed E-state index contributed by atoms with van der Waals surface area (Å²) in [6, 6.07) is 2.05. The van der Waals surface area contributed by atoms with Crippen LogP contribution < -0.4 is 4.74 Å². The van der Waals surface area contributed by atoms with E-state index in [-0.39, 0.29) is 0 Å². The number of rotatable bonds is 2. The lowest BCUT2D eigenvalue weighted by atomic mass is 10.1. The molecule has 0 amide bonds. The fourth-order valence-electron chi connectivity index (χ4n) is 1.32. The summed E-state index contributed by atoms with van der Waals surface area (Å²) in [5.41, 5.74) is 1.52. The Bertz CT molecular complexity index is 414. The lowest BCUT2D eigenvalue weighted by molar-refractivity contribution is 0.113. The van der Waals surface area contributed by atoms with Crippen LogP contribution in [0.4, 0.5) is 0 Å². The molecule has 0 saturated heterocycles. The highest BCUT2D eigenvalue weighted by atomic mass is 16.5. The number of methoxy groups -OCH3 is 1. The molecule has 0 aliphatic carbocycles. The van der Waals surface area contributed by atoms with Crippen LogP contribution in [0.2, 0.25) is 0 Å². The third kappa shape index (κ3) is 1.36. The number of ether oxygens (including phenoxy) is 2. The molecule has 1 aromatic heterocycles. The van der Waals surface area contributed by atoms with Crippen molar-refractivity contribution in [3.05, 3.63) is 23.6 Å². The number of fused-ring (bicyclic) bond motifs is 1. The van der Waals surface area contributed by atoms with E-state index in [1.165, 1.54) is 6.26 Å². The van der Waals surface area contributed by atoms with Gasteiger partial charge in [0.1, 0.15) is 13.0 Å². The van der Waals surface area contributed by atoms with Gasteiger partial charge < -0.3 is 9.47 Å². The van der Waals surface area contributed by atoms with Crippen molar-refractivity contribution >= 4 is 0 Å². The Kier molecular flexibility index (Phi) is 2.21. The van der Waals surface area contributed by atoms with Crippen LogP contribution in [0.1, 0.15) is 5.56 Å². The molecular formula is C9H9N3O2. The summed E-state index contributed by atoms with van der Waals surface area (Å²) in [5, 5.41) is 12.8.